The van der Waals surface area contributed by atoms with Crippen LogP contribution in [0.1, 0.15) is 28.4 Å². The highest BCUT2D eigenvalue weighted by Crippen LogP contribution is 2.27. The Morgan fingerprint density at radius 3 is 2.82 bits per heavy atom. The van der Waals surface area contributed by atoms with E-state index in [0.717, 1.165) is 4.40 Å². The van der Waals surface area contributed by atoms with Crippen LogP contribution < -0.4 is 11.3 Å². The molecule has 7 nitrogen and oxygen atoms in total. The molecule has 2 rings (SSSR count). The Morgan fingerprint density at radius 2 is 2.27 bits per heavy atom. The Hall–Kier alpha value is -2.53. The van der Waals surface area contributed by atoms with Gasteiger partial charge in [-0.15, -0.1) is 11.8 Å². The first-order valence-electron chi connectivity index (χ1n) is 6.42. The highest BCUT2D eigenvalue weighted by atomic mass is 32.2. The number of pyridine rings is 1. The van der Waals surface area contributed by atoms with Crippen LogP contribution in [-0.2, 0) is 4.74 Å². The molecule has 2 aromatic rings. The minimum absolute atomic E-state index is 0.00348. The fraction of sp³-hybridized carbons (Fsp3) is 0.286. The van der Waals surface area contributed by atoms with Crippen molar-refractivity contribution in [3.05, 3.63) is 33.2 Å². The minimum Gasteiger partial charge on any atom is -0.462 e. The lowest BCUT2D eigenvalue weighted by atomic mass is 10.1. The highest BCUT2D eigenvalue weighted by molar-refractivity contribution is 7.98. The number of nitrogens with two attached hydrogens (primary N) is 1. The van der Waals surface area contributed by atoms with E-state index in [4.69, 9.17) is 10.5 Å². The summed E-state index contributed by atoms with van der Waals surface area (Å²) in [5.41, 5.74) is 6.21. The number of nitrogen functional groups attached to an aromatic ring is 1. The van der Waals surface area contributed by atoms with E-state index in [0.29, 0.717) is 16.1 Å². The Bertz CT molecular complexity index is 867. The number of aromatic nitrogens is 2. The molecule has 0 aliphatic heterocycles. The topological polar surface area (TPSA) is 110 Å². The van der Waals surface area contributed by atoms with Crippen LogP contribution in [0.5, 0.6) is 0 Å². The van der Waals surface area contributed by atoms with Crippen molar-refractivity contribution in [3.63, 3.8) is 0 Å². The second-order valence-corrected chi connectivity index (χ2v) is 5.20. The first kappa shape index (κ1) is 15.9. The maximum Gasteiger partial charge on any atom is 0.343 e. The SMILES string of the molecule is CCOC(=O)c1cnc2c(SC)c(C)c(C#N)c(=O)n2c1N. The van der Waals surface area contributed by atoms with Crippen molar-refractivity contribution >= 4 is 29.2 Å². The molecule has 8 heteroatoms. The smallest absolute Gasteiger partial charge is 0.343 e. The second kappa shape index (κ2) is 6.07. The number of ether oxygens (including phenoxy) is 1. The number of anilines is 1. The quantitative estimate of drug-likeness (QED) is 0.671. The zero-order chi connectivity index (χ0) is 16.4. The van der Waals surface area contributed by atoms with Crippen LogP contribution in [-0.4, -0.2) is 28.2 Å². The van der Waals surface area contributed by atoms with E-state index in [1.54, 1.807) is 13.8 Å². The van der Waals surface area contributed by atoms with Gasteiger partial charge in [0.15, 0.2) is 5.65 Å². The molecule has 2 heterocycles. The van der Waals surface area contributed by atoms with Gasteiger partial charge < -0.3 is 10.5 Å². The zero-order valence-electron chi connectivity index (χ0n) is 12.3. The molecule has 0 bridgehead atoms. The number of esters is 1. The maximum atomic E-state index is 12.5. The Kier molecular flexibility index (Phi) is 4.37. The lowest BCUT2D eigenvalue weighted by molar-refractivity contribution is 0.0526. The molecule has 0 aliphatic rings. The summed E-state index contributed by atoms with van der Waals surface area (Å²) >= 11 is 1.35. The van der Waals surface area contributed by atoms with Crippen LogP contribution in [0.3, 0.4) is 0 Å². The molecule has 0 atom stereocenters. The number of nitriles is 1. The summed E-state index contributed by atoms with van der Waals surface area (Å²) in [6, 6.07) is 1.89. The van der Waals surface area contributed by atoms with Gasteiger partial charge in [0.05, 0.1) is 11.5 Å². The third-order valence-electron chi connectivity index (χ3n) is 3.19. The summed E-state index contributed by atoms with van der Waals surface area (Å²) in [4.78, 5) is 29.2. The number of nitrogens with zero attached hydrogens (tertiary/aromatic N) is 3. The second-order valence-electron chi connectivity index (χ2n) is 4.39. The van der Waals surface area contributed by atoms with E-state index in [2.05, 4.69) is 4.98 Å². The molecule has 0 saturated carbocycles. The van der Waals surface area contributed by atoms with Crippen molar-refractivity contribution in [1.82, 2.24) is 9.38 Å². The van der Waals surface area contributed by atoms with Gasteiger partial charge in [0, 0.05) is 6.20 Å². The van der Waals surface area contributed by atoms with Gasteiger partial charge in [-0.05, 0) is 25.7 Å². The molecule has 2 N–H and O–H groups in total. The van der Waals surface area contributed by atoms with Crippen LogP contribution in [0.15, 0.2) is 15.9 Å². The average molecular weight is 318 g/mol. The van der Waals surface area contributed by atoms with E-state index < -0.39 is 11.5 Å². The number of hydrogen-bond donors (Lipinski definition) is 1. The number of rotatable bonds is 3. The van der Waals surface area contributed by atoms with Gasteiger partial charge in [-0.1, -0.05) is 0 Å². The predicted octanol–water partition coefficient (Wildman–Crippen LogP) is 1.36. The van der Waals surface area contributed by atoms with Gasteiger partial charge in [0.25, 0.3) is 5.56 Å². The molecule has 0 aromatic carbocycles. The zero-order valence-corrected chi connectivity index (χ0v) is 13.2. The molecule has 0 fully saturated rings. The Labute approximate surface area is 130 Å². The van der Waals surface area contributed by atoms with E-state index in [-0.39, 0.29) is 23.6 Å². The molecule has 0 spiro atoms. The molecule has 22 heavy (non-hydrogen) atoms. The fourth-order valence-corrected chi connectivity index (χ4v) is 2.88. The van der Waals surface area contributed by atoms with E-state index in [1.165, 1.54) is 18.0 Å². The summed E-state index contributed by atoms with van der Waals surface area (Å²) in [6.45, 7) is 3.53. The molecule has 0 radical (unpaired) electrons. The first-order valence-corrected chi connectivity index (χ1v) is 7.65. The molecular weight excluding hydrogens is 304 g/mol. The fourth-order valence-electron chi connectivity index (χ4n) is 2.15. The minimum atomic E-state index is -0.661. The normalized spacial score (nSPS) is 10.5. The largest absolute Gasteiger partial charge is 0.462 e. The van der Waals surface area contributed by atoms with Crippen LogP contribution >= 0.6 is 11.8 Å². The van der Waals surface area contributed by atoms with Crippen LogP contribution in [0.25, 0.3) is 5.65 Å². The number of hydrogen-bond acceptors (Lipinski definition) is 7. The summed E-state index contributed by atoms with van der Waals surface area (Å²) in [5.74, 6) is -0.744. The average Bonchev–Trinajstić information content (AvgIpc) is 2.48. The lowest BCUT2D eigenvalue weighted by Gasteiger charge is -2.13. The van der Waals surface area contributed by atoms with Gasteiger partial charge in [0.1, 0.15) is 23.0 Å². The van der Waals surface area contributed by atoms with Crippen LogP contribution in [0, 0.1) is 18.3 Å². The summed E-state index contributed by atoms with van der Waals surface area (Å²) in [5, 5.41) is 9.21. The van der Waals surface area contributed by atoms with Crippen molar-refractivity contribution in [2.75, 3.05) is 18.6 Å². The van der Waals surface area contributed by atoms with Crippen molar-refractivity contribution in [1.29, 1.82) is 5.26 Å². The molecular formula is C14H14N4O3S. The van der Waals surface area contributed by atoms with Crippen molar-refractivity contribution < 1.29 is 9.53 Å². The third kappa shape index (κ3) is 2.29. The van der Waals surface area contributed by atoms with Crippen LogP contribution in [0.4, 0.5) is 5.82 Å². The van der Waals surface area contributed by atoms with Gasteiger partial charge in [-0.2, -0.15) is 5.26 Å². The highest BCUT2D eigenvalue weighted by Gasteiger charge is 2.21. The van der Waals surface area contributed by atoms with Gasteiger partial charge in [-0.3, -0.25) is 4.79 Å². The number of fused-ring (bicyclic) bond motifs is 1. The lowest BCUT2D eigenvalue weighted by Crippen LogP contribution is -2.25. The van der Waals surface area contributed by atoms with Crippen molar-refractivity contribution in [3.8, 4) is 6.07 Å². The molecule has 114 valence electrons. The first-order chi connectivity index (χ1) is 10.5. The maximum absolute atomic E-state index is 12.5. The number of thioether (sulfide) groups is 1. The molecule has 2 aromatic heterocycles. The summed E-state index contributed by atoms with van der Waals surface area (Å²) in [6.07, 6.45) is 3.10. The Balaban J connectivity index is 2.94. The van der Waals surface area contributed by atoms with Crippen molar-refractivity contribution in [2.45, 2.75) is 18.7 Å². The van der Waals surface area contributed by atoms with Gasteiger partial charge in [0.2, 0.25) is 0 Å². The molecule has 0 unspecified atom stereocenters. The van der Waals surface area contributed by atoms with Crippen LogP contribution in [0.2, 0.25) is 0 Å². The number of carbonyl (C=O) groups is 1. The number of carbonyl (C=O) groups excluding carboxylic acids is 1. The third-order valence-corrected chi connectivity index (χ3v) is 4.09. The van der Waals surface area contributed by atoms with E-state index in [1.807, 2.05) is 12.3 Å². The monoisotopic (exact) mass is 318 g/mol. The standard InChI is InChI=1S/C14H14N4O3S/c1-4-21-14(20)9-6-17-12-10(22-3)7(2)8(5-15)13(19)18(12)11(9)16/h6H,4,16H2,1-3H3. The Morgan fingerprint density at radius 1 is 1.59 bits per heavy atom. The molecule has 0 saturated heterocycles. The van der Waals surface area contributed by atoms with E-state index in [9.17, 15) is 14.9 Å². The van der Waals surface area contributed by atoms with Crippen molar-refractivity contribution in [2.24, 2.45) is 0 Å². The predicted molar refractivity (Wildman–Crippen MR) is 83.1 cm³/mol. The summed E-state index contributed by atoms with van der Waals surface area (Å²) < 4.78 is 5.98. The molecule has 0 aliphatic carbocycles. The van der Waals surface area contributed by atoms with E-state index >= 15 is 0 Å². The van der Waals surface area contributed by atoms with Gasteiger partial charge in [-0.25, -0.2) is 14.2 Å². The van der Waals surface area contributed by atoms with Gasteiger partial charge >= 0.3 is 5.97 Å². The molecule has 0 amide bonds. The summed E-state index contributed by atoms with van der Waals surface area (Å²) in [7, 11) is 0.